The van der Waals surface area contributed by atoms with Gasteiger partial charge < -0.3 is 9.63 Å². The molecule has 1 aromatic heterocycles. The van der Waals surface area contributed by atoms with E-state index in [0.29, 0.717) is 6.29 Å². The highest BCUT2D eigenvalue weighted by Gasteiger charge is 1.98. The van der Waals surface area contributed by atoms with Crippen LogP contribution in [0, 0.1) is 0 Å². The predicted molar refractivity (Wildman–Crippen MR) is 22.2 cm³/mol. The fourth-order valence-corrected chi connectivity index (χ4v) is 0.424. The molecule has 0 amide bonds. The van der Waals surface area contributed by atoms with Crippen molar-refractivity contribution in [1.82, 2.24) is 5.27 Å². The van der Waals surface area contributed by atoms with Crippen LogP contribution >= 0.6 is 0 Å². The average Bonchev–Trinajstić information content (AvgIpc) is 2.17. The van der Waals surface area contributed by atoms with E-state index in [1.807, 2.05) is 0 Å². The Hall–Kier alpha value is -1.39. The molecule has 0 aliphatic rings. The highest BCUT2D eigenvalue weighted by molar-refractivity contribution is 5.46. The third-order valence-electron chi connectivity index (χ3n) is 0.752. The van der Waals surface area contributed by atoms with E-state index in [4.69, 9.17) is 0 Å². The minimum atomic E-state index is -0.545. The maximum atomic E-state index is 10.2. The van der Waals surface area contributed by atoms with E-state index in [9.17, 15) is 9.90 Å². The van der Waals surface area contributed by atoms with Gasteiger partial charge in [0.05, 0.1) is 5.27 Å². The van der Waals surface area contributed by atoms with Crippen molar-refractivity contribution in [2.75, 3.05) is 0 Å². The molecule has 0 saturated carbocycles. The van der Waals surface area contributed by atoms with Gasteiger partial charge in [-0.2, -0.15) is 0 Å². The predicted octanol–water partition coefficient (Wildman–Crippen LogP) is -1.77. The van der Waals surface area contributed by atoms with E-state index in [1.165, 1.54) is 0 Å². The number of hydrogen-bond donors (Lipinski definition) is 0. The van der Waals surface area contributed by atoms with Crippen molar-refractivity contribution in [2.45, 2.75) is 6.54 Å². The zero-order valence-electron chi connectivity index (χ0n) is 4.48. The summed E-state index contributed by atoms with van der Waals surface area (Å²) in [6.45, 7) is 0.0612. The molecule has 0 aliphatic carbocycles. The van der Waals surface area contributed by atoms with Crippen LogP contribution in [0.15, 0.2) is 10.7 Å². The van der Waals surface area contributed by atoms with Crippen molar-refractivity contribution in [3.63, 3.8) is 0 Å². The zero-order valence-corrected chi connectivity index (χ0v) is 4.48. The summed E-state index contributed by atoms with van der Waals surface area (Å²) in [5.74, 6) is -0.545. The zero-order chi connectivity index (χ0) is 6.69. The van der Waals surface area contributed by atoms with Gasteiger partial charge in [0.1, 0.15) is 5.95 Å². The van der Waals surface area contributed by atoms with Crippen molar-refractivity contribution >= 4 is 6.29 Å². The molecule has 0 bridgehead atoms. The number of carbonyl (C=O) groups is 1. The molecule has 0 fully saturated rings. The van der Waals surface area contributed by atoms with Gasteiger partial charge in [0.15, 0.2) is 6.29 Å². The Bertz CT molecular complexity index is 207. The van der Waals surface area contributed by atoms with Gasteiger partial charge in [-0.1, -0.05) is 4.68 Å². The standard InChI is InChI=1S/C4H4N2O3/c7-2-1-6-3-4(8)9-5-6/h2-3H,1H2. The highest BCUT2D eigenvalue weighted by Crippen LogP contribution is 1.91. The second-order valence-electron chi connectivity index (χ2n) is 1.41. The molecule has 5 heteroatoms. The summed E-state index contributed by atoms with van der Waals surface area (Å²) in [5, 5.41) is 13.4. The minimum Gasteiger partial charge on any atom is -0.539 e. The lowest BCUT2D eigenvalue weighted by Crippen LogP contribution is -2.35. The van der Waals surface area contributed by atoms with Gasteiger partial charge in [0, 0.05) is 0 Å². The molecule has 48 valence electrons. The van der Waals surface area contributed by atoms with Gasteiger partial charge in [-0.25, -0.2) is 0 Å². The van der Waals surface area contributed by atoms with Crippen LogP contribution < -0.4 is 9.79 Å². The Morgan fingerprint density at radius 2 is 2.78 bits per heavy atom. The number of rotatable bonds is 2. The van der Waals surface area contributed by atoms with Crippen LogP contribution in [-0.4, -0.2) is 11.6 Å². The molecular formula is C4H4N2O3. The van der Waals surface area contributed by atoms with E-state index in [2.05, 4.69) is 9.79 Å². The van der Waals surface area contributed by atoms with E-state index in [1.54, 1.807) is 0 Å². The molecule has 5 nitrogen and oxygen atoms in total. The molecule has 0 radical (unpaired) electrons. The Labute approximate surface area is 50.5 Å². The Balaban J connectivity index is 2.72. The topological polar surface area (TPSA) is 70.0 Å². The number of carbonyl (C=O) groups excluding carboxylic acids is 1. The van der Waals surface area contributed by atoms with E-state index >= 15 is 0 Å². The highest BCUT2D eigenvalue weighted by atomic mass is 16.6. The van der Waals surface area contributed by atoms with E-state index in [-0.39, 0.29) is 6.54 Å². The Morgan fingerprint density at radius 3 is 3.22 bits per heavy atom. The molecule has 1 aromatic rings. The maximum absolute atomic E-state index is 10.2. The first kappa shape index (κ1) is 5.74. The van der Waals surface area contributed by atoms with Crippen molar-refractivity contribution in [3.05, 3.63) is 6.20 Å². The third kappa shape index (κ3) is 1.25. The largest absolute Gasteiger partial charge is 0.539 e. The summed E-state index contributed by atoms with van der Waals surface area (Å²) in [5.41, 5.74) is 0. The third-order valence-corrected chi connectivity index (χ3v) is 0.752. The lowest BCUT2D eigenvalue weighted by atomic mass is 10.7. The first-order valence-electron chi connectivity index (χ1n) is 2.30. The molecule has 9 heavy (non-hydrogen) atoms. The smallest absolute Gasteiger partial charge is 0.230 e. The number of aldehydes is 1. The fourth-order valence-electron chi connectivity index (χ4n) is 0.424. The Morgan fingerprint density at radius 1 is 2.00 bits per heavy atom. The van der Waals surface area contributed by atoms with Crippen LogP contribution in [-0.2, 0) is 11.3 Å². The van der Waals surface area contributed by atoms with Crippen LogP contribution in [0.5, 0.6) is 5.95 Å². The number of aromatic nitrogens is 2. The molecule has 0 aliphatic heterocycles. The van der Waals surface area contributed by atoms with Crippen molar-refractivity contribution in [1.29, 1.82) is 0 Å². The molecule has 1 rings (SSSR count). The SMILES string of the molecule is O=CC[n+]1cc([O-])on1. The van der Waals surface area contributed by atoms with Crippen molar-refractivity contribution in [3.8, 4) is 5.95 Å². The first-order valence-corrected chi connectivity index (χ1v) is 2.30. The van der Waals surface area contributed by atoms with Gasteiger partial charge >= 0.3 is 0 Å². The van der Waals surface area contributed by atoms with Crippen molar-refractivity contribution < 1.29 is 19.1 Å². The van der Waals surface area contributed by atoms with Crippen LogP contribution in [0.3, 0.4) is 0 Å². The quantitative estimate of drug-likeness (QED) is 0.349. The van der Waals surface area contributed by atoms with E-state index in [0.717, 1.165) is 10.9 Å². The van der Waals surface area contributed by atoms with Crippen LogP contribution in [0.2, 0.25) is 0 Å². The maximum Gasteiger partial charge on any atom is 0.230 e. The molecule has 0 unspecified atom stereocenters. The molecule has 0 aromatic carbocycles. The normalized spacial score (nSPS) is 9.33. The average molecular weight is 128 g/mol. The van der Waals surface area contributed by atoms with E-state index < -0.39 is 5.95 Å². The van der Waals surface area contributed by atoms with Gasteiger partial charge in [0.2, 0.25) is 12.7 Å². The number of nitrogens with zero attached hydrogens (tertiary/aromatic N) is 2. The molecular weight excluding hydrogens is 124 g/mol. The second kappa shape index (κ2) is 2.25. The summed E-state index contributed by atoms with van der Waals surface area (Å²) in [7, 11) is 0. The van der Waals surface area contributed by atoms with Gasteiger partial charge in [-0.15, -0.1) is 0 Å². The summed E-state index contributed by atoms with van der Waals surface area (Å²) in [6.07, 6.45) is 1.73. The lowest BCUT2D eigenvalue weighted by molar-refractivity contribution is -0.749. The summed E-state index contributed by atoms with van der Waals surface area (Å²) < 4.78 is 5.24. The second-order valence-corrected chi connectivity index (χ2v) is 1.41. The molecule has 0 saturated heterocycles. The van der Waals surface area contributed by atoms with Gasteiger partial charge in [0.25, 0.3) is 0 Å². The fraction of sp³-hybridized carbons (Fsp3) is 0.250. The monoisotopic (exact) mass is 128 g/mol. The Kier molecular flexibility index (Phi) is 1.44. The number of hydrogen-bond acceptors (Lipinski definition) is 4. The summed E-state index contributed by atoms with van der Waals surface area (Å²) in [4.78, 5) is 9.78. The minimum absolute atomic E-state index is 0.0612. The van der Waals surface area contributed by atoms with Gasteiger partial charge in [-0.3, -0.25) is 4.79 Å². The molecule has 0 atom stereocenters. The summed E-state index contributed by atoms with van der Waals surface area (Å²) in [6, 6.07) is 0. The molecule has 1 heterocycles. The summed E-state index contributed by atoms with van der Waals surface area (Å²) >= 11 is 0. The van der Waals surface area contributed by atoms with Crippen LogP contribution in [0.1, 0.15) is 0 Å². The lowest BCUT2D eigenvalue weighted by Gasteiger charge is -1.74. The van der Waals surface area contributed by atoms with Gasteiger partial charge in [-0.05, 0) is 0 Å². The molecule has 0 N–H and O–H groups in total. The van der Waals surface area contributed by atoms with Crippen LogP contribution in [0.25, 0.3) is 0 Å². The first-order chi connectivity index (χ1) is 4.33. The molecule has 0 spiro atoms. The van der Waals surface area contributed by atoms with Crippen LogP contribution in [0.4, 0.5) is 0 Å². The van der Waals surface area contributed by atoms with Crippen molar-refractivity contribution in [2.24, 2.45) is 0 Å².